The average Bonchev–Trinajstić information content (AvgIpc) is 2.44. The van der Waals surface area contributed by atoms with E-state index in [1.54, 1.807) is 0 Å². The predicted molar refractivity (Wildman–Crippen MR) is 71.0 cm³/mol. The third-order valence-corrected chi connectivity index (χ3v) is 3.86. The van der Waals surface area contributed by atoms with Crippen LogP contribution in [0.2, 0.25) is 0 Å². The van der Waals surface area contributed by atoms with Crippen molar-refractivity contribution in [2.75, 3.05) is 13.2 Å². The fraction of sp³-hybridized carbons (Fsp3) is 0.692. The molecular formula is C13H23NOS. The standard InChI is InChI=1S/C13H23NOS/c1-10-7-12(11(2)16-10)8-14-9-13(3,4)5-6-15/h7,14-15H,5-6,8-9H2,1-4H3. The van der Waals surface area contributed by atoms with Crippen molar-refractivity contribution >= 4 is 11.3 Å². The van der Waals surface area contributed by atoms with Crippen molar-refractivity contribution in [2.45, 2.75) is 40.7 Å². The normalized spacial score (nSPS) is 12.1. The topological polar surface area (TPSA) is 32.3 Å². The van der Waals surface area contributed by atoms with Gasteiger partial charge in [0.2, 0.25) is 0 Å². The van der Waals surface area contributed by atoms with Crippen LogP contribution in [0.4, 0.5) is 0 Å². The molecule has 0 atom stereocenters. The molecule has 0 radical (unpaired) electrons. The van der Waals surface area contributed by atoms with Gasteiger partial charge >= 0.3 is 0 Å². The van der Waals surface area contributed by atoms with Crippen LogP contribution in [0.15, 0.2) is 6.07 Å². The molecule has 0 saturated carbocycles. The summed E-state index contributed by atoms with van der Waals surface area (Å²) in [6, 6.07) is 2.26. The maximum absolute atomic E-state index is 8.94. The Labute approximate surface area is 103 Å². The highest BCUT2D eigenvalue weighted by Crippen LogP contribution is 2.21. The Bertz CT molecular complexity index is 331. The zero-order valence-electron chi connectivity index (χ0n) is 10.8. The summed E-state index contributed by atoms with van der Waals surface area (Å²) in [5.74, 6) is 0. The zero-order chi connectivity index (χ0) is 12.2. The molecule has 0 spiro atoms. The molecule has 0 unspecified atom stereocenters. The first-order chi connectivity index (χ1) is 7.44. The summed E-state index contributed by atoms with van der Waals surface area (Å²) < 4.78 is 0. The van der Waals surface area contributed by atoms with E-state index in [1.165, 1.54) is 15.3 Å². The molecular weight excluding hydrogens is 218 g/mol. The number of rotatable bonds is 6. The molecule has 0 aromatic carbocycles. The van der Waals surface area contributed by atoms with Gasteiger partial charge in [-0.2, -0.15) is 0 Å². The zero-order valence-corrected chi connectivity index (χ0v) is 11.6. The number of thiophene rings is 1. The number of nitrogens with one attached hydrogen (secondary N) is 1. The van der Waals surface area contributed by atoms with Crippen molar-refractivity contribution in [3.8, 4) is 0 Å². The molecule has 0 aliphatic heterocycles. The maximum atomic E-state index is 8.94. The lowest BCUT2D eigenvalue weighted by Gasteiger charge is -2.23. The molecule has 92 valence electrons. The second-order valence-electron chi connectivity index (χ2n) is 5.18. The van der Waals surface area contributed by atoms with Gasteiger partial charge in [0.05, 0.1) is 0 Å². The van der Waals surface area contributed by atoms with E-state index in [4.69, 9.17) is 5.11 Å². The molecule has 1 heterocycles. The van der Waals surface area contributed by atoms with Crippen LogP contribution in [-0.2, 0) is 6.54 Å². The van der Waals surface area contributed by atoms with E-state index in [0.717, 1.165) is 19.5 Å². The number of aryl methyl sites for hydroxylation is 2. The Balaban J connectivity index is 2.38. The van der Waals surface area contributed by atoms with Crippen LogP contribution in [0.5, 0.6) is 0 Å². The third-order valence-electron chi connectivity index (χ3n) is 2.85. The van der Waals surface area contributed by atoms with Gasteiger partial charge in [0.15, 0.2) is 0 Å². The van der Waals surface area contributed by atoms with Gasteiger partial charge in [-0.25, -0.2) is 0 Å². The highest BCUT2D eigenvalue weighted by molar-refractivity contribution is 7.12. The van der Waals surface area contributed by atoms with Gasteiger partial charge in [-0.1, -0.05) is 13.8 Å². The van der Waals surface area contributed by atoms with Crippen LogP contribution in [0, 0.1) is 19.3 Å². The highest BCUT2D eigenvalue weighted by atomic mass is 32.1. The summed E-state index contributed by atoms with van der Waals surface area (Å²) in [5.41, 5.74) is 1.58. The minimum Gasteiger partial charge on any atom is -0.396 e. The Morgan fingerprint density at radius 3 is 2.56 bits per heavy atom. The summed E-state index contributed by atoms with van der Waals surface area (Å²) in [4.78, 5) is 2.79. The van der Waals surface area contributed by atoms with E-state index >= 15 is 0 Å². The van der Waals surface area contributed by atoms with Crippen molar-refractivity contribution in [3.05, 3.63) is 21.4 Å². The Hall–Kier alpha value is -0.380. The number of aliphatic hydroxyl groups is 1. The van der Waals surface area contributed by atoms with Crippen LogP contribution in [-0.4, -0.2) is 18.3 Å². The van der Waals surface area contributed by atoms with E-state index in [0.29, 0.717) is 0 Å². The fourth-order valence-electron chi connectivity index (χ4n) is 1.79. The van der Waals surface area contributed by atoms with Gasteiger partial charge in [-0.15, -0.1) is 11.3 Å². The lowest BCUT2D eigenvalue weighted by Crippen LogP contribution is -2.29. The first kappa shape index (κ1) is 13.7. The van der Waals surface area contributed by atoms with Crippen molar-refractivity contribution in [1.82, 2.24) is 5.32 Å². The fourth-order valence-corrected chi connectivity index (χ4v) is 2.73. The molecule has 0 saturated heterocycles. The highest BCUT2D eigenvalue weighted by Gasteiger charge is 2.16. The molecule has 0 aliphatic rings. The van der Waals surface area contributed by atoms with E-state index in [9.17, 15) is 0 Å². The number of hydrogen-bond donors (Lipinski definition) is 2. The summed E-state index contributed by atoms with van der Waals surface area (Å²) in [6.45, 7) is 10.8. The van der Waals surface area contributed by atoms with Gasteiger partial charge in [0.1, 0.15) is 0 Å². The van der Waals surface area contributed by atoms with Crippen LogP contribution >= 0.6 is 11.3 Å². The van der Waals surface area contributed by atoms with Gasteiger partial charge < -0.3 is 10.4 Å². The summed E-state index contributed by atoms with van der Waals surface area (Å²) in [7, 11) is 0. The first-order valence-electron chi connectivity index (χ1n) is 5.82. The summed E-state index contributed by atoms with van der Waals surface area (Å²) >= 11 is 1.86. The van der Waals surface area contributed by atoms with Crippen LogP contribution in [0.3, 0.4) is 0 Å². The van der Waals surface area contributed by atoms with Crippen LogP contribution in [0.25, 0.3) is 0 Å². The second-order valence-corrected chi connectivity index (χ2v) is 6.64. The van der Waals surface area contributed by atoms with Crippen molar-refractivity contribution in [1.29, 1.82) is 0 Å². The van der Waals surface area contributed by atoms with Crippen LogP contribution < -0.4 is 5.32 Å². The molecule has 2 N–H and O–H groups in total. The van der Waals surface area contributed by atoms with Crippen molar-refractivity contribution in [2.24, 2.45) is 5.41 Å². The molecule has 16 heavy (non-hydrogen) atoms. The molecule has 0 fully saturated rings. The monoisotopic (exact) mass is 241 g/mol. The van der Waals surface area contributed by atoms with Crippen LogP contribution in [0.1, 0.15) is 35.6 Å². The predicted octanol–water partition coefficient (Wildman–Crippen LogP) is 2.86. The molecule has 3 heteroatoms. The number of hydrogen-bond acceptors (Lipinski definition) is 3. The average molecular weight is 241 g/mol. The lowest BCUT2D eigenvalue weighted by molar-refractivity contribution is 0.207. The molecule has 0 amide bonds. The van der Waals surface area contributed by atoms with E-state index in [1.807, 2.05) is 11.3 Å². The SMILES string of the molecule is Cc1cc(CNCC(C)(C)CCO)c(C)s1. The molecule has 1 aromatic rings. The second kappa shape index (κ2) is 5.80. The summed E-state index contributed by atoms with van der Waals surface area (Å²) in [6.07, 6.45) is 0.849. The smallest absolute Gasteiger partial charge is 0.0436 e. The Kier molecular flexibility index (Phi) is 4.96. The molecule has 0 aliphatic carbocycles. The first-order valence-corrected chi connectivity index (χ1v) is 6.64. The van der Waals surface area contributed by atoms with Gasteiger partial charge in [0.25, 0.3) is 0 Å². The van der Waals surface area contributed by atoms with Gasteiger partial charge in [-0.05, 0) is 37.3 Å². The van der Waals surface area contributed by atoms with Gasteiger partial charge in [0, 0.05) is 29.5 Å². The minimum absolute atomic E-state index is 0.174. The summed E-state index contributed by atoms with van der Waals surface area (Å²) in [5, 5.41) is 12.4. The Morgan fingerprint density at radius 1 is 1.38 bits per heavy atom. The minimum atomic E-state index is 0.174. The number of aliphatic hydroxyl groups excluding tert-OH is 1. The largest absolute Gasteiger partial charge is 0.396 e. The lowest BCUT2D eigenvalue weighted by atomic mass is 9.90. The quantitative estimate of drug-likeness (QED) is 0.802. The van der Waals surface area contributed by atoms with Gasteiger partial charge in [-0.3, -0.25) is 0 Å². The van der Waals surface area contributed by atoms with Crippen molar-refractivity contribution < 1.29 is 5.11 Å². The molecule has 0 bridgehead atoms. The van der Waals surface area contributed by atoms with E-state index in [2.05, 4.69) is 39.1 Å². The Morgan fingerprint density at radius 2 is 2.06 bits per heavy atom. The molecule has 1 rings (SSSR count). The third kappa shape index (κ3) is 4.24. The van der Waals surface area contributed by atoms with Crippen molar-refractivity contribution in [3.63, 3.8) is 0 Å². The molecule has 2 nitrogen and oxygen atoms in total. The molecule has 1 aromatic heterocycles. The van der Waals surface area contributed by atoms with E-state index < -0.39 is 0 Å². The maximum Gasteiger partial charge on any atom is 0.0436 e. The van der Waals surface area contributed by atoms with E-state index in [-0.39, 0.29) is 12.0 Å².